The first kappa shape index (κ1) is 21.9. The van der Waals surface area contributed by atoms with Crippen LogP contribution in [0.3, 0.4) is 0 Å². The fraction of sp³-hybridized carbons (Fsp3) is 0.571. The fourth-order valence-electron chi connectivity index (χ4n) is 3.46. The molecular formula is C21H30N2O5. The number of benzene rings is 1. The molecule has 0 aromatic heterocycles. The summed E-state index contributed by atoms with van der Waals surface area (Å²) in [5.74, 6) is -1.22. The molecule has 1 aromatic carbocycles. The first-order valence-electron chi connectivity index (χ1n) is 9.71. The molecule has 2 N–H and O–H groups in total. The highest BCUT2D eigenvalue weighted by atomic mass is 16.5. The van der Waals surface area contributed by atoms with E-state index in [1.54, 1.807) is 4.90 Å². The number of nitrogens with zero attached hydrogens (tertiary/aromatic N) is 1. The molecule has 1 aromatic rings. The molecule has 0 radical (unpaired) electrons. The zero-order valence-electron chi connectivity index (χ0n) is 16.8. The van der Waals surface area contributed by atoms with Crippen LogP contribution in [0.2, 0.25) is 0 Å². The third kappa shape index (κ3) is 5.79. The van der Waals surface area contributed by atoms with Crippen molar-refractivity contribution in [2.75, 3.05) is 20.2 Å². The number of likely N-dealkylation sites (tertiary alicyclic amines) is 1. The standard InChI is InChI=1S/C21H30N2O5/c1-14(2)18(22-17(24)13-15-7-5-4-6-8-15)20(26)23-11-9-16(10-12-23)19(25)21(27)28-3/h4-8,14,16,18-19,25H,9-13H2,1-3H3,(H,22,24)/t18-,19+/m1/s1. The normalized spacial score (nSPS) is 17.1. The molecule has 0 unspecified atom stereocenters. The number of aliphatic hydroxyl groups is 1. The molecule has 1 heterocycles. The number of methoxy groups -OCH3 is 1. The molecule has 7 nitrogen and oxygen atoms in total. The van der Waals surface area contributed by atoms with Crippen molar-refractivity contribution in [2.24, 2.45) is 11.8 Å². The Morgan fingerprint density at radius 2 is 1.79 bits per heavy atom. The number of ether oxygens (including phenoxy) is 1. The highest BCUT2D eigenvalue weighted by Crippen LogP contribution is 2.23. The minimum absolute atomic E-state index is 0.0504. The molecule has 0 aliphatic carbocycles. The number of esters is 1. The number of amides is 2. The molecule has 1 aliphatic rings. The molecule has 1 aliphatic heterocycles. The number of nitrogens with one attached hydrogen (secondary N) is 1. The van der Waals surface area contributed by atoms with Gasteiger partial charge in [0.1, 0.15) is 6.04 Å². The number of rotatable bonds is 7. The summed E-state index contributed by atoms with van der Waals surface area (Å²) in [6, 6.07) is 8.80. The maximum Gasteiger partial charge on any atom is 0.334 e. The van der Waals surface area contributed by atoms with Gasteiger partial charge in [0.25, 0.3) is 0 Å². The highest BCUT2D eigenvalue weighted by molar-refractivity contribution is 5.88. The van der Waals surface area contributed by atoms with Gasteiger partial charge in [-0.3, -0.25) is 9.59 Å². The van der Waals surface area contributed by atoms with Crippen molar-refractivity contribution in [3.63, 3.8) is 0 Å². The molecule has 0 spiro atoms. The van der Waals surface area contributed by atoms with Crippen LogP contribution in [0.5, 0.6) is 0 Å². The number of piperidine rings is 1. The van der Waals surface area contributed by atoms with Gasteiger partial charge in [-0.2, -0.15) is 0 Å². The quantitative estimate of drug-likeness (QED) is 0.681. The lowest BCUT2D eigenvalue weighted by Gasteiger charge is -2.36. The van der Waals surface area contributed by atoms with Gasteiger partial charge in [-0.15, -0.1) is 0 Å². The van der Waals surface area contributed by atoms with Gasteiger partial charge in [0.15, 0.2) is 6.10 Å². The molecule has 2 rings (SSSR count). The van der Waals surface area contributed by atoms with E-state index in [2.05, 4.69) is 10.1 Å². The van der Waals surface area contributed by atoms with Crippen molar-refractivity contribution in [1.82, 2.24) is 10.2 Å². The number of carbonyl (C=O) groups is 3. The van der Waals surface area contributed by atoms with Crippen LogP contribution in [0, 0.1) is 11.8 Å². The van der Waals surface area contributed by atoms with Crippen molar-refractivity contribution >= 4 is 17.8 Å². The molecule has 28 heavy (non-hydrogen) atoms. The van der Waals surface area contributed by atoms with E-state index in [9.17, 15) is 19.5 Å². The van der Waals surface area contributed by atoms with Gasteiger partial charge in [0.05, 0.1) is 13.5 Å². The predicted octanol–water partition coefficient (Wildman–Crippen LogP) is 1.14. The monoisotopic (exact) mass is 390 g/mol. The van der Waals surface area contributed by atoms with Crippen LogP contribution < -0.4 is 5.32 Å². The Morgan fingerprint density at radius 3 is 2.32 bits per heavy atom. The Balaban J connectivity index is 1.92. The summed E-state index contributed by atoms with van der Waals surface area (Å²) in [7, 11) is 1.25. The summed E-state index contributed by atoms with van der Waals surface area (Å²) in [4.78, 5) is 38.5. The zero-order chi connectivity index (χ0) is 20.7. The number of hydrogen-bond acceptors (Lipinski definition) is 5. The smallest absolute Gasteiger partial charge is 0.334 e. The Morgan fingerprint density at radius 1 is 1.18 bits per heavy atom. The predicted molar refractivity (Wildman–Crippen MR) is 104 cm³/mol. The van der Waals surface area contributed by atoms with E-state index >= 15 is 0 Å². The van der Waals surface area contributed by atoms with Crippen molar-refractivity contribution in [3.8, 4) is 0 Å². The summed E-state index contributed by atoms with van der Waals surface area (Å²) < 4.78 is 4.58. The van der Waals surface area contributed by atoms with E-state index in [0.717, 1.165) is 5.56 Å². The van der Waals surface area contributed by atoms with E-state index < -0.39 is 18.1 Å². The summed E-state index contributed by atoms with van der Waals surface area (Å²) >= 11 is 0. The third-order valence-corrected chi connectivity index (χ3v) is 5.20. The fourth-order valence-corrected chi connectivity index (χ4v) is 3.46. The van der Waals surface area contributed by atoms with Crippen LogP contribution in [-0.4, -0.2) is 60.1 Å². The Kier molecular flexibility index (Phi) is 7.99. The molecule has 154 valence electrons. The second kappa shape index (κ2) is 10.2. The molecule has 0 bridgehead atoms. The average molecular weight is 390 g/mol. The molecule has 0 saturated carbocycles. The van der Waals surface area contributed by atoms with Gasteiger partial charge in [0.2, 0.25) is 11.8 Å². The number of hydrogen-bond donors (Lipinski definition) is 2. The highest BCUT2D eigenvalue weighted by Gasteiger charge is 2.35. The third-order valence-electron chi connectivity index (χ3n) is 5.20. The van der Waals surface area contributed by atoms with E-state index in [0.29, 0.717) is 25.9 Å². The SMILES string of the molecule is COC(=O)[C@@H](O)C1CCN(C(=O)[C@H](NC(=O)Cc2ccccc2)C(C)C)CC1. The molecule has 2 atom stereocenters. The summed E-state index contributed by atoms with van der Waals surface area (Å²) in [6.45, 7) is 4.68. The van der Waals surface area contributed by atoms with E-state index in [1.807, 2.05) is 44.2 Å². The van der Waals surface area contributed by atoms with Crippen LogP contribution in [-0.2, 0) is 25.5 Å². The molecule has 2 amide bonds. The van der Waals surface area contributed by atoms with E-state index in [-0.39, 0.29) is 30.1 Å². The maximum atomic E-state index is 13.0. The van der Waals surface area contributed by atoms with Crippen LogP contribution in [0.1, 0.15) is 32.3 Å². The Labute approximate surface area is 166 Å². The molecule has 1 saturated heterocycles. The van der Waals surface area contributed by atoms with Crippen LogP contribution in [0.15, 0.2) is 30.3 Å². The van der Waals surface area contributed by atoms with Crippen LogP contribution >= 0.6 is 0 Å². The van der Waals surface area contributed by atoms with Crippen LogP contribution in [0.4, 0.5) is 0 Å². The molecular weight excluding hydrogens is 360 g/mol. The Bertz CT molecular complexity index is 669. The minimum Gasteiger partial charge on any atom is -0.467 e. The van der Waals surface area contributed by atoms with Crippen molar-refractivity contribution < 1.29 is 24.2 Å². The summed E-state index contributed by atoms with van der Waals surface area (Å²) in [5, 5.41) is 12.9. The molecule has 1 fully saturated rings. The van der Waals surface area contributed by atoms with Gasteiger partial charge in [0, 0.05) is 13.1 Å². The van der Waals surface area contributed by atoms with Crippen molar-refractivity contribution in [1.29, 1.82) is 0 Å². The zero-order valence-corrected chi connectivity index (χ0v) is 16.8. The minimum atomic E-state index is -1.16. The second-order valence-electron chi connectivity index (χ2n) is 7.58. The van der Waals surface area contributed by atoms with Crippen molar-refractivity contribution in [2.45, 2.75) is 45.3 Å². The average Bonchev–Trinajstić information content (AvgIpc) is 2.71. The van der Waals surface area contributed by atoms with E-state index in [1.165, 1.54) is 7.11 Å². The van der Waals surface area contributed by atoms with Crippen molar-refractivity contribution in [3.05, 3.63) is 35.9 Å². The number of aliphatic hydroxyl groups excluding tert-OH is 1. The van der Waals surface area contributed by atoms with Gasteiger partial charge in [-0.05, 0) is 30.2 Å². The first-order valence-corrected chi connectivity index (χ1v) is 9.71. The van der Waals surface area contributed by atoms with Gasteiger partial charge < -0.3 is 20.1 Å². The maximum absolute atomic E-state index is 13.0. The second-order valence-corrected chi connectivity index (χ2v) is 7.58. The van der Waals surface area contributed by atoms with Gasteiger partial charge in [-0.25, -0.2) is 4.79 Å². The summed E-state index contributed by atoms with van der Waals surface area (Å²) in [6.07, 6.45) is 0.106. The number of carbonyl (C=O) groups excluding carboxylic acids is 3. The van der Waals surface area contributed by atoms with Crippen LogP contribution in [0.25, 0.3) is 0 Å². The van der Waals surface area contributed by atoms with Gasteiger partial charge in [-0.1, -0.05) is 44.2 Å². The molecule has 7 heteroatoms. The first-order chi connectivity index (χ1) is 13.3. The largest absolute Gasteiger partial charge is 0.467 e. The lowest BCUT2D eigenvalue weighted by Crippen LogP contribution is -2.54. The van der Waals surface area contributed by atoms with Gasteiger partial charge >= 0.3 is 5.97 Å². The summed E-state index contributed by atoms with van der Waals surface area (Å²) in [5.41, 5.74) is 0.896. The van der Waals surface area contributed by atoms with E-state index in [4.69, 9.17) is 0 Å². The Hall–Kier alpha value is -2.41. The lowest BCUT2D eigenvalue weighted by atomic mass is 9.90. The topological polar surface area (TPSA) is 95.9 Å². The lowest BCUT2D eigenvalue weighted by molar-refractivity contribution is -0.155.